The van der Waals surface area contributed by atoms with Gasteiger partial charge < -0.3 is 0 Å². The fourth-order valence-corrected chi connectivity index (χ4v) is 4.47. The average Bonchev–Trinajstić information content (AvgIpc) is 2.16. The maximum Gasteiger partial charge on any atom is 0.235 e. The third-order valence-electron chi connectivity index (χ3n) is 3.89. The van der Waals surface area contributed by atoms with E-state index < -0.39 is 9.05 Å². The van der Waals surface area contributed by atoms with Crippen LogP contribution in [-0.2, 0) is 9.05 Å². The predicted molar refractivity (Wildman–Crippen MR) is 57.9 cm³/mol. The third-order valence-corrected chi connectivity index (χ3v) is 5.87. The van der Waals surface area contributed by atoms with Crippen LogP contribution >= 0.6 is 10.7 Å². The van der Waals surface area contributed by atoms with Gasteiger partial charge in [0.25, 0.3) is 0 Å². The van der Waals surface area contributed by atoms with Crippen molar-refractivity contribution in [3.63, 3.8) is 0 Å². The van der Waals surface area contributed by atoms with Gasteiger partial charge in [-0.3, -0.25) is 0 Å². The SMILES string of the molecule is O=S(=O)(Cl)[C@@H]1CC[C@@H]2CCCC[C@H]2C1. The zero-order valence-corrected chi connectivity index (χ0v) is 9.86. The first-order valence-electron chi connectivity index (χ1n) is 5.51. The predicted octanol–water partition coefficient (Wildman–Crippen LogP) is 2.91. The van der Waals surface area contributed by atoms with Gasteiger partial charge in [0.1, 0.15) is 0 Å². The minimum absolute atomic E-state index is 0.261. The Balaban J connectivity index is 2.03. The minimum Gasteiger partial charge on any atom is -0.212 e. The van der Waals surface area contributed by atoms with Crippen LogP contribution in [0.3, 0.4) is 0 Å². The second-order valence-corrected chi connectivity index (χ2v) is 7.62. The van der Waals surface area contributed by atoms with Crippen molar-refractivity contribution in [3.05, 3.63) is 0 Å². The first-order valence-corrected chi connectivity index (χ1v) is 7.88. The van der Waals surface area contributed by atoms with Crippen LogP contribution in [0.15, 0.2) is 0 Å². The average molecular weight is 237 g/mol. The highest BCUT2D eigenvalue weighted by Crippen LogP contribution is 2.42. The fourth-order valence-electron chi connectivity index (χ4n) is 3.09. The highest BCUT2D eigenvalue weighted by atomic mass is 35.7. The summed E-state index contributed by atoms with van der Waals surface area (Å²) in [5, 5.41) is -0.261. The molecule has 2 fully saturated rings. The molecule has 2 nitrogen and oxygen atoms in total. The van der Waals surface area contributed by atoms with Crippen molar-refractivity contribution in [3.8, 4) is 0 Å². The number of hydrogen-bond acceptors (Lipinski definition) is 2. The van der Waals surface area contributed by atoms with E-state index in [0.717, 1.165) is 25.2 Å². The maximum atomic E-state index is 11.2. The van der Waals surface area contributed by atoms with Crippen molar-refractivity contribution in [2.45, 2.75) is 50.2 Å². The molecule has 2 rings (SSSR count). The molecule has 14 heavy (non-hydrogen) atoms. The Morgan fingerprint density at radius 3 is 2.21 bits per heavy atom. The molecule has 0 aromatic rings. The van der Waals surface area contributed by atoms with Crippen LogP contribution in [0, 0.1) is 11.8 Å². The van der Waals surface area contributed by atoms with E-state index in [9.17, 15) is 8.42 Å². The summed E-state index contributed by atoms with van der Waals surface area (Å²) in [7, 11) is 2.11. The van der Waals surface area contributed by atoms with Crippen molar-refractivity contribution in [2.75, 3.05) is 0 Å². The van der Waals surface area contributed by atoms with Gasteiger partial charge >= 0.3 is 0 Å². The normalized spacial score (nSPS) is 39.1. The van der Waals surface area contributed by atoms with Crippen molar-refractivity contribution >= 4 is 19.7 Å². The molecule has 0 spiro atoms. The van der Waals surface area contributed by atoms with Gasteiger partial charge in [-0.1, -0.05) is 25.7 Å². The monoisotopic (exact) mass is 236 g/mol. The van der Waals surface area contributed by atoms with Crippen molar-refractivity contribution < 1.29 is 8.42 Å². The molecular formula is C10H17ClO2S. The molecule has 4 heteroatoms. The van der Waals surface area contributed by atoms with Crippen LogP contribution in [0.1, 0.15) is 44.9 Å². The Labute approximate surface area is 90.4 Å². The first-order chi connectivity index (χ1) is 6.57. The number of fused-ring (bicyclic) bond motifs is 1. The molecule has 0 N–H and O–H groups in total. The van der Waals surface area contributed by atoms with Gasteiger partial charge in [-0.2, -0.15) is 0 Å². The number of halogens is 1. The topological polar surface area (TPSA) is 34.1 Å². The highest BCUT2D eigenvalue weighted by molar-refractivity contribution is 8.14. The minimum atomic E-state index is -3.30. The van der Waals surface area contributed by atoms with Crippen LogP contribution in [0.2, 0.25) is 0 Å². The molecule has 0 bridgehead atoms. The van der Waals surface area contributed by atoms with E-state index in [-0.39, 0.29) is 5.25 Å². The fraction of sp³-hybridized carbons (Fsp3) is 1.00. The molecule has 2 aliphatic rings. The van der Waals surface area contributed by atoms with Crippen molar-refractivity contribution in [1.82, 2.24) is 0 Å². The van der Waals surface area contributed by atoms with Crippen LogP contribution in [0.5, 0.6) is 0 Å². The lowest BCUT2D eigenvalue weighted by molar-refractivity contribution is 0.173. The van der Waals surface area contributed by atoms with Crippen LogP contribution in [0.4, 0.5) is 0 Å². The van der Waals surface area contributed by atoms with Gasteiger partial charge in [0, 0.05) is 10.7 Å². The van der Waals surface area contributed by atoms with Crippen LogP contribution in [-0.4, -0.2) is 13.7 Å². The van der Waals surface area contributed by atoms with Crippen molar-refractivity contribution in [2.24, 2.45) is 11.8 Å². The summed E-state index contributed by atoms with van der Waals surface area (Å²) >= 11 is 0. The second kappa shape index (κ2) is 4.01. The molecule has 0 radical (unpaired) electrons. The van der Waals surface area contributed by atoms with Crippen LogP contribution < -0.4 is 0 Å². The lowest BCUT2D eigenvalue weighted by Gasteiger charge is -2.38. The van der Waals surface area contributed by atoms with Crippen molar-refractivity contribution in [1.29, 1.82) is 0 Å². The van der Waals surface area contributed by atoms with Gasteiger partial charge in [0.15, 0.2) is 0 Å². The van der Waals surface area contributed by atoms with E-state index in [2.05, 4.69) is 0 Å². The molecule has 0 unspecified atom stereocenters. The zero-order valence-electron chi connectivity index (χ0n) is 8.28. The Bertz CT molecular complexity index is 299. The summed E-state index contributed by atoms with van der Waals surface area (Å²) in [6.07, 6.45) is 7.80. The van der Waals surface area contributed by atoms with E-state index in [4.69, 9.17) is 10.7 Å². The van der Waals surface area contributed by atoms with Gasteiger partial charge in [-0.15, -0.1) is 0 Å². The lowest BCUT2D eigenvalue weighted by Crippen LogP contribution is -2.33. The molecule has 0 aliphatic heterocycles. The molecule has 82 valence electrons. The van der Waals surface area contributed by atoms with E-state index in [1.165, 1.54) is 25.7 Å². The van der Waals surface area contributed by atoms with Gasteiger partial charge in [0.2, 0.25) is 9.05 Å². The molecule has 0 aromatic heterocycles. The molecule has 0 heterocycles. The summed E-state index contributed by atoms with van der Waals surface area (Å²) in [5.74, 6) is 1.43. The molecule has 3 atom stereocenters. The van der Waals surface area contributed by atoms with E-state index in [0.29, 0.717) is 5.92 Å². The Kier molecular flexibility index (Phi) is 3.08. The summed E-state index contributed by atoms with van der Waals surface area (Å²) in [6.45, 7) is 0. The molecule has 2 saturated carbocycles. The van der Waals surface area contributed by atoms with E-state index in [1.807, 2.05) is 0 Å². The first kappa shape index (κ1) is 10.7. The third kappa shape index (κ3) is 2.25. The number of hydrogen-bond donors (Lipinski definition) is 0. The molecular weight excluding hydrogens is 220 g/mol. The smallest absolute Gasteiger partial charge is 0.212 e. The Morgan fingerprint density at radius 2 is 1.57 bits per heavy atom. The summed E-state index contributed by atoms with van der Waals surface area (Å²) < 4.78 is 22.5. The molecule has 0 saturated heterocycles. The quantitative estimate of drug-likeness (QED) is 0.656. The Hall–Kier alpha value is 0.240. The summed E-state index contributed by atoms with van der Waals surface area (Å²) in [6, 6.07) is 0. The summed E-state index contributed by atoms with van der Waals surface area (Å²) in [4.78, 5) is 0. The highest BCUT2D eigenvalue weighted by Gasteiger charge is 2.36. The van der Waals surface area contributed by atoms with E-state index >= 15 is 0 Å². The Morgan fingerprint density at radius 1 is 0.929 bits per heavy atom. The van der Waals surface area contributed by atoms with Gasteiger partial charge in [-0.05, 0) is 31.1 Å². The van der Waals surface area contributed by atoms with E-state index in [1.54, 1.807) is 0 Å². The number of rotatable bonds is 1. The van der Waals surface area contributed by atoms with Gasteiger partial charge in [-0.25, -0.2) is 8.42 Å². The molecule has 0 aromatic carbocycles. The standard InChI is InChI=1S/C10H17ClO2S/c11-14(12,13)10-6-5-8-3-1-2-4-9(8)7-10/h8-10H,1-7H2/t8-,9-,10+/m0/s1. The summed E-state index contributed by atoms with van der Waals surface area (Å²) in [5.41, 5.74) is 0. The second-order valence-electron chi connectivity index (χ2n) is 4.72. The lowest BCUT2D eigenvalue weighted by atomic mass is 9.71. The van der Waals surface area contributed by atoms with Crippen LogP contribution in [0.25, 0.3) is 0 Å². The maximum absolute atomic E-state index is 11.2. The largest absolute Gasteiger partial charge is 0.235 e. The molecule has 2 aliphatic carbocycles. The zero-order chi connectivity index (χ0) is 10.2. The van der Waals surface area contributed by atoms with Gasteiger partial charge in [0.05, 0.1) is 5.25 Å². The molecule has 0 amide bonds.